The summed E-state index contributed by atoms with van der Waals surface area (Å²) in [6.07, 6.45) is 6.27. The molecule has 24 heavy (non-hydrogen) atoms. The Morgan fingerprint density at radius 1 is 1.33 bits per heavy atom. The summed E-state index contributed by atoms with van der Waals surface area (Å²) in [7, 11) is 0. The smallest absolute Gasteiger partial charge is 0.193 e. The molecule has 1 N–H and O–H groups in total. The van der Waals surface area contributed by atoms with Gasteiger partial charge in [-0.25, -0.2) is 0 Å². The first-order valence-corrected chi connectivity index (χ1v) is 8.94. The van der Waals surface area contributed by atoms with Gasteiger partial charge in [-0.2, -0.15) is 0 Å². The van der Waals surface area contributed by atoms with Crippen LogP contribution in [0.25, 0.3) is 0 Å². The minimum Gasteiger partial charge on any atom is -0.469 e. The second kappa shape index (κ2) is 10.3. The van der Waals surface area contributed by atoms with Gasteiger partial charge in [-0.1, -0.05) is 6.92 Å². The van der Waals surface area contributed by atoms with Crippen LogP contribution in [-0.2, 0) is 11.2 Å². The molecule has 0 saturated carbocycles. The van der Waals surface area contributed by atoms with Crippen LogP contribution in [0.2, 0.25) is 0 Å². The zero-order valence-electron chi connectivity index (χ0n) is 14.6. The number of guanidine groups is 1. The standard InChI is InChI=1S/C18H29N3O2.HI/c1-15-5-9-21(10-6-15)18(20-13-16-7-12-22-14-16)19-8-4-17-3-2-11-23-17;/h2-3,11,15-16H,4-10,12-14H2,1H3,(H,19,20);1H. The number of nitrogens with zero attached hydrogens (tertiary/aromatic N) is 2. The second-order valence-electron chi connectivity index (χ2n) is 6.82. The number of ether oxygens (including phenoxy) is 1. The van der Waals surface area contributed by atoms with Crippen molar-refractivity contribution in [1.82, 2.24) is 10.2 Å². The molecule has 0 amide bonds. The zero-order valence-corrected chi connectivity index (χ0v) is 16.9. The summed E-state index contributed by atoms with van der Waals surface area (Å²) in [5, 5.41) is 3.54. The average molecular weight is 447 g/mol. The Morgan fingerprint density at radius 2 is 2.17 bits per heavy atom. The van der Waals surface area contributed by atoms with Gasteiger partial charge in [0.25, 0.3) is 0 Å². The molecule has 1 aromatic rings. The minimum atomic E-state index is 0. The van der Waals surface area contributed by atoms with Gasteiger partial charge in [-0.15, -0.1) is 24.0 Å². The monoisotopic (exact) mass is 447 g/mol. The lowest BCUT2D eigenvalue weighted by molar-refractivity contribution is 0.187. The first-order valence-electron chi connectivity index (χ1n) is 8.94. The van der Waals surface area contributed by atoms with E-state index in [1.807, 2.05) is 12.1 Å². The SMILES string of the molecule is CC1CCN(C(=NCC2CCOC2)NCCc2ccco2)CC1.I. The van der Waals surface area contributed by atoms with E-state index >= 15 is 0 Å². The number of likely N-dealkylation sites (tertiary alicyclic amines) is 1. The van der Waals surface area contributed by atoms with Crippen LogP contribution in [0.1, 0.15) is 31.9 Å². The van der Waals surface area contributed by atoms with Gasteiger partial charge in [0, 0.05) is 45.1 Å². The topological polar surface area (TPSA) is 50.0 Å². The summed E-state index contributed by atoms with van der Waals surface area (Å²) in [5.74, 6) is 3.50. The summed E-state index contributed by atoms with van der Waals surface area (Å²) in [4.78, 5) is 7.31. The van der Waals surface area contributed by atoms with Crippen molar-refractivity contribution >= 4 is 29.9 Å². The highest BCUT2D eigenvalue weighted by Gasteiger charge is 2.20. The quantitative estimate of drug-likeness (QED) is 0.428. The molecule has 6 heteroatoms. The van der Waals surface area contributed by atoms with Crippen molar-refractivity contribution in [2.45, 2.75) is 32.6 Å². The van der Waals surface area contributed by atoms with Gasteiger partial charge >= 0.3 is 0 Å². The van der Waals surface area contributed by atoms with E-state index in [2.05, 4.69) is 17.1 Å². The highest BCUT2D eigenvalue weighted by Crippen LogP contribution is 2.17. The summed E-state index contributed by atoms with van der Waals surface area (Å²) in [6.45, 7) is 8.04. The molecule has 2 aliphatic rings. The van der Waals surface area contributed by atoms with E-state index in [1.54, 1.807) is 6.26 Å². The normalized spacial score (nSPS) is 22.5. The fourth-order valence-corrected chi connectivity index (χ4v) is 3.18. The van der Waals surface area contributed by atoms with Gasteiger partial charge in [0.1, 0.15) is 5.76 Å². The van der Waals surface area contributed by atoms with Crippen molar-refractivity contribution in [1.29, 1.82) is 0 Å². The van der Waals surface area contributed by atoms with Crippen molar-refractivity contribution in [3.63, 3.8) is 0 Å². The fourth-order valence-electron chi connectivity index (χ4n) is 3.18. The molecule has 1 aromatic heterocycles. The maximum absolute atomic E-state index is 5.46. The molecule has 0 spiro atoms. The molecule has 3 rings (SSSR count). The molecule has 2 saturated heterocycles. The van der Waals surface area contributed by atoms with Gasteiger partial charge in [-0.05, 0) is 37.3 Å². The minimum absolute atomic E-state index is 0. The lowest BCUT2D eigenvalue weighted by Crippen LogP contribution is -2.46. The Kier molecular flexibility index (Phi) is 8.38. The Morgan fingerprint density at radius 3 is 2.83 bits per heavy atom. The Hall–Kier alpha value is -0.760. The van der Waals surface area contributed by atoms with E-state index < -0.39 is 0 Å². The second-order valence-corrected chi connectivity index (χ2v) is 6.82. The molecule has 0 radical (unpaired) electrons. The molecule has 1 unspecified atom stereocenters. The van der Waals surface area contributed by atoms with Crippen LogP contribution in [0.15, 0.2) is 27.8 Å². The van der Waals surface area contributed by atoms with Crippen molar-refractivity contribution in [3.8, 4) is 0 Å². The summed E-state index contributed by atoms with van der Waals surface area (Å²) in [5.41, 5.74) is 0. The maximum Gasteiger partial charge on any atom is 0.193 e. The summed E-state index contributed by atoms with van der Waals surface area (Å²) >= 11 is 0. The van der Waals surface area contributed by atoms with Crippen LogP contribution >= 0.6 is 24.0 Å². The van der Waals surface area contributed by atoms with Gasteiger partial charge in [-0.3, -0.25) is 4.99 Å². The Labute approximate surface area is 162 Å². The van der Waals surface area contributed by atoms with Crippen molar-refractivity contribution in [3.05, 3.63) is 24.2 Å². The first-order chi connectivity index (χ1) is 11.3. The fraction of sp³-hybridized carbons (Fsp3) is 0.722. The van der Waals surface area contributed by atoms with Crippen LogP contribution in [-0.4, -0.2) is 50.3 Å². The summed E-state index contributed by atoms with van der Waals surface area (Å²) < 4.78 is 10.9. The van der Waals surface area contributed by atoms with Crippen molar-refractivity contribution in [2.75, 3.05) is 39.4 Å². The van der Waals surface area contributed by atoms with E-state index in [4.69, 9.17) is 14.1 Å². The predicted octanol–water partition coefficient (Wildman–Crippen LogP) is 3.15. The highest BCUT2D eigenvalue weighted by molar-refractivity contribution is 14.0. The third-order valence-electron chi connectivity index (χ3n) is 4.84. The largest absolute Gasteiger partial charge is 0.469 e. The molecule has 3 heterocycles. The molecule has 1 atom stereocenters. The number of nitrogens with one attached hydrogen (secondary N) is 1. The van der Waals surface area contributed by atoms with Crippen LogP contribution in [0, 0.1) is 11.8 Å². The van der Waals surface area contributed by atoms with Crippen LogP contribution in [0.3, 0.4) is 0 Å². The third-order valence-corrected chi connectivity index (χ3v) is 4.84. The number of halogens is 1. The van der Waals surface area contributed by atoms with E-state index in [9.17, 15) is 0 Å². The number of furan rings is 1. The third kappa shape index (κ3) is 5.95. The maximum atomic E-state index is 5.46. The average Bonchev–Trinajstić information content (AvgIpc) is 3.25. The predicted molar refractivity (Wildman–Crippen MR) is 107 cm³/mol. The van der Waals surface area contributed by atoms with E-state index in [-0.39, 0.29) is 24.0 Å². The van der Waals surface area contributed by atoms with Gasteiger partial charge < -0.3 is 19.4 Å². The molecule has 136 valence electrons. The van der Waals surface area contributed by atoms with Crippen LogP contribution in [0.5, 0.6) is 0 Å². The highest BCUT2D eigenvalue weighted by atomic mass is 127. The number of hydrogen-bond acceptors (Lipinski definition) is 3. The van der Waals surface area contributed by atoms with Gasteiger partial charge in [0.05, 0.1) is 12.9 Å². The zero-order chi connectivity index (χ0) is 15.9. The molecule has 5 nitrogen and oxygen atoms in total. The molecular weight excluding hydrogens is 417 g/mol. The van der Waals surface area contributed by atoms with Gasteiger partial charge in [0.15, 0.2) is 5.96 Å². The number of piperidine rings is 1. The molecule has 0 bridgehead atoms. The molecule has 0 aliphatic carbocycles. The number of hydrogen-bond donors (Lipinski definition) is 1. The Balaban J connectivity index is 0.00000208. The van der Waals surface area contributed by atoms with Crippen LogP contribution < -0.4 is 5.32 Å². The molecule has 0 aromatic carbocycles. The van der Waals surface area contributed by atoms with E-state index in [1.165, 1.54) is 12.8 Å². The van der Waals surface area contributed by atoms with Crippen LogP contribution in [0.4, 0.5) is 0 Å². The Bertz CT molecular complexity index is 478. The van der Waals surface area contributed by atoms with E-state index in [0.29, 0.717) is 5.92 Å². The van der Waals surface area contributed by atoms with Crippen molar-refractivity contribution < 1.29 is 9.15 Å². The molecule has 2 fully saturated rings. The molecule has 2 aliphatic heterocycles. The summed E-state index contributed by atoms with van der Waals surface area (Å²) in [6, 6.07) is 3.97. The number of rotatable bonds is 5. The van der Waals surface area contributed by atoms with Gasteiger partial charge in [0.2, 0.25) is 0 Å². The molecular formula is C18H30IN3O2. The number of aliphatic imine (C=N–C) groups is 1. The van der Waals surface area contributed by atoms with Crippen molar-refractivity contribution in [2.24, 2.45) is 16.8 Å². The van der Waals surface area contributed by atoms with E-state index in [0.717, 1.165) is 69.9 Å². The first kappa shape index (κ1) is 19.6. The lowest BCUT2D eigenvalue weighted by atomic mass is 9.99. The lowest BCUT2D eigenvalue weighted by Gasteiger charge is -2.33.